The van der Waals surface area contributed by atoms with E-state index in [1.807, 2.05) is 0 Å². The van der Waals surface area contributed by atoms with E-state index < -0.39 is 0 Å². The van der Waals surface area contributed by atoms with Gasteiger partial charge in [0.1, 0.15) is 0 Å². The van der Waals surface area contributed by atoms with Crippen molar-refractivity contribution in [3.63, 3.8) is 0 Å². The van der Waals surface area contributed by atoms with E-state index in [0.29, 0.717) is 10.8 Å². The van der Waals surface area contributed by atoms with Crippen LogP contribution in [-0.2, 0) is 0 Å². The molecule has 0 bridgehead atoms. The minimum absolute atomic E-state index is 0.241. The van der Waals surface area contributed by atoms with Gasteiger partial charge in [-0.2, -0.15) is 0 Å². The molecule has 8 unspecified atom stereocenters. The maximum absolute atomic E-state index is 4.30. The summed E-state index contributed by atoms with van der Waals surface area (Å²) >= 11 is 0. The van der Waals surface area contributed by atoms with Crippen LogP contribution in [0, 0.1) is 50.7 Å². The van der Waals surface area contributed by atoms with Crippen LogP contribution >= 0.6 is 0 Å². The Bertz CT molecular complexity index is 1400. The molecule has 0 heteroatoms. The minimum atomic E-state index is 0.241. The lowest BCUT2D eigenvalue weighted by atomic mass is 9.71. The van der Waals surface area contributed by atoms with Crippen molar-refractivity contribution >= 4 is 0 Å². The van der Waals surface area contributed by atoms with E-state index >= 15 is 0 Å². The number of hydrogen-bond donors (Lipinski definition) is 0. The van der Waals surface area contributed by atoms with Crippen LogP contribution in [0.4, 0.5) is 0 Å². The molecule has 0 saturated heterocycles. The lowest BCUT2D eigenvalue weighted by Crippen LogP contribution is -2.20. The topological polar surface area (TPSA) is 0 Å². The SMILES string of the molecule is C=CC1(C(=CCCCCC(CC=CC2(C=C)CC2C)(CCC=CC2(C=C)CC2C)CCCC=CC2(C=C)CC2C)CCCCCCC=C2CC2C)CC1. The summed E-state index contributed by atoms with van der Waals surface area (Å²) in [6.07, 6.45) is 57.6. The van der Waals surface area contributed by atoms with Gasteiger partial charge in [-0.3, -0.25) is 0 Å². The molecule has 0 aliphatic heterocycles. The molecule has 5 rings (SSSR count). The third kappa shape index (κ3) is 11.4. The molecule has 5 aliphatic rings. The van der Waals surface area contributed by atoms with Crippen LogP contribution in [0.5, 0.6) is 0 Å². The van der Waals surface area contributed by atoms with E-state index in [4.69, 9.17) is 0 Å². The van der Waals surface area contributed by atoms with Crippen LogP contribution in [0.25, 0.3) is 0 Å². The largest absolute Gasteiger partial charge is 0.102 e. The van der Waals surface area contributed by atoms with Gasteiger partial charge in [0, 0.05) is 21.7 Å². The first-order chi connectivity index (χ1) is 25.5. The fourth-order valence-electron chi connectivity index (χ4n) is 9.91. The highest BCUT2D eigenvalue weighted by atomic mass is 14.5. The van der Waals surface area contributed by atoms with Gasteiger partial charge in [-0.25, -0.2) is 0 Å². The first-order valence-corrected chi connectivity index (χ1v) is 22.5. The van der Waals surface area contributed by atoms with Gasteiger partial charge >= 0.3 is 0 Å². The molecule has 53 heavy (non-hydrogen) atoms. The van der Waals surface area contributed by atoms with Crippen LogP contribution in [0.3, 0.4) is 0 Å². The summed E-state index contributed by atoms with van der Waals surface area (Å²) in [5.74, 6) is 3.10. The summed E-state index contributed by atoms with van der Waals surface area (Å²) < 4.78 is 0. The Morgan fingerprint density at radius 3 is 1.66 bits per heavy atom. The summed E-state index contributed by atoms with van der Waals surface area (Å²) in [6.45, 7) is 26.4. The van der Waals surface area contributed by atoms with Gasteiger partial charge in [0.25, 0.3) is 0 Å². The highest BCUT2D eigenvalue weighted by Gasteiger charge is 2.47. The van der Waals surface area contributed by atoms with Crippen LogP contribution in [0.15, 0.2) is 110 Å². The second kappa shape index (κ2) is 18.5. The zero-order valence-electron chi connectivity index (χ0n) is 35.1. The molecular weight excluding hydrogens is 637 g/mol. The second-order valence-corrected chi connectivity index (χ2v) is 19.3. The Hall–Kier alpha value is -2.34. The summed E-state index contributed by atoms with van der Waals surface area (Å²) in [7, 11) is 0. The van der Waals surface area contributed by atoms with E-state index in [-0.39, 0.29) is 16.2 Å². The van der Waals surface area contributed by atoms with Crippen molar-refractivity contribution in [2.45, 2.75) is 169 Å². The van der Waals surface area contributed by atoms with E-state index in [2.05, 4.69) is 127 Å². The number of rotatable bonds is 29. The molecular formula is C53H80. The number of hydrogen-bond acceptors (Lipinski definition) is 0. The predicted molar refractivity (Wildman–Crippen MR) is 235 cm³/mol. The van der Waals surface area contributed by atoms with Crippen molar-refractivity contribution in [3.8, 4) is 0 Å². The van der Waals surface area contributed by atoms with E-state index in [1.54, 1.807) is 11.1 Å². The van der Waals surface area contributed by atoms with Gasteiger partial charge in [-0.15, -0.1) is 26.3 Å². The van der Waals surface area contributed by atoms with Gasteiger partial charge in [0.05, 0.1) is 0 Å². The third-order valence-corrected chi connectivity index (χ3v) is 15.3. The molecule has 5 fully saturated rings. The fraction of sp³-hybridized carbons (Fsp3) is 0.660. The molecule has 0 amide bonds. The van der Waals surface area contributed by atoms with Gasteiger partial charge in [0.15, 0.2) is 0 Å². The molecule has 292 valence electrons. The van der Waals surface area contributed by atoms with Crippen molar-refractivity contribution in [2.24, 2.45) is 50.7 Å². The lowest BCUT2D eigenvalue weighted by Gasteiger charge is -2.34. The van der Waals surface area contributed by atoms with Crippen LogP contribution in [0.1, 0.15) is 169 Å². The molecule has 5 saturated carbocycles. The van der Waals surface area contributed by atoms with Gasteiger partial charge in [-0.05, 0) is 151 Å². The van der Waals surface area contributed by atoms with Crippen molar-refractivity contribution in [1.82, 2.24) is 0 Å². The monoisotopic (exact) mass is 717 g/mol. The molecule has 0 nitrogen and oxygen atoms in total. The molecule has 0 aromatic heterocycles. The van der Waals surface area contributed by atoms with Crippen LogP contribution in [-0.4, -0.2) is 0 Å². The van der Waals surface area contributed by atoms with E-state index in [9.17, 15) is 0 Å². The molecule has 0 spiro atoms. The van der Waals surface area contributed by atoms with Crippen LogP contribution < -0.4 is 0 Å². The standard InChI is InChI=1S/C53H80/c1-9-50(37-38-50)48(28-19-15-13-14-18-27-47-39-43(47)5)29-20-16-21-30-49(33-26-36-53(12-4)42-46(53)8,32-24-25-35-52(11-3)41-45(52)7)31-22-17-23-34-51(10-2)40-44(51)6/h9-12,23,25-27,29,34-36,43-46H,1-4,13-22,24,28,30-33,37-42H2,5-8H3. The minimum Gasteiger partial charge on any atom is -0.102 e. The van der Waals surface area contributed by atoms with Crippen molar-refractivity contribution < 1.29 is 0 Å². The molecule has 0 aromatic rings. The Balaban J connectivity index is 1.19. The van der Waals surface area contributed by atoms with Crippen molar-refractivity contribution in [1.29, 1.82) is 0 Å². The average molecular weight is 717 g/mol. The normalized spacial score (nSPS) is 34.4. The molecule has 0 N–H and O–H groups in total. The van der Waals surface area contributed by atoms with E-state index in [1.165, 1.54) is 141 Å². The molecule has 5 aliphatic carbocycles. The van der Waals surface area contributed by atoms with Gasteiger partial charge < -0.3 is 0 Å². The second-order valence-electron chi connectivity index (χ2n) is 19.3. The zero-order valence-corrected chi connectivity index (χ0v) is 35.1. The Kier molecular flexibility index (Phi) is 14.6. The Labute approximate surface area is 328 Å². The van der Waals surface area contributed by atoms with Crippen LogP contribution in [0.2, 0.25) is 0 Å². The highest BCUT2D eigenvalue weighted by Crippen LogP contribution is 2.57. The first-order valence-electron chi connectivity index (χ1n) is 22.5. The molecule has 0 heterocycles. The first kappa shape index (κ1) is 41.8. The predicted octanol–water partition coefficient (Wildman–Crippen LogP) is 16.4. The summed E-state index contributed by atoms with van der Waals surface area (Å²) in [5, 5.41) is 0. The summed E-state index contributed by atoms with van der Waals surface area (Å²) in [4.78, 5) is 0. The number of unbranched alkanes of at least 4 members (excludes halogenated alkanes) is 7. The quantitative estimate of drug-likeness (QED) is 0.0534. The van der Waals surface area contributed by atoms with E-state index in [0.717, 1.165) is 23.7 Å². The highest BCUT2D eigenvalue weighted by molar-refractivity contribution is 5.29. The van der Waals surface area contributed by atoms with Crippen molar-refractivity contribution in [2.75, 3.05) is 0 Å². The summed E-state index contributed by atoms with van der Waals surface area (Å²) in [6, 6.07) is 0. The third-order valence-electron chi connectivity index (χ3n) is 15.3. The average Bonchev–Trinajstić information content (AvgIpc) is 3.93. The lowest BCUT2D eigenvalue weighted by molar-refractivity contribution is 0.210. The zero-order chi connectivity index (χ0) is 38.0. The smallest absolute Gasteiger partial charge is 0.00890 e. The molecule has 0 radical (unpaired) electrons. The Morgan fingerprint density at radius 1 is 0.604 bits per heavy atom. The maximum Gasteiger partial charge on any atom is 0.00890 e. The fourth-order valence-corrected chi connectivity index (χ4v) is 9.91. The van der Waals surface area contributed by atoms with Crippen molar-refractivity contribution in [3.05, 3.63) is 110 Å². The molecule has 8 atom stereocenters. The molecule has 0 aromatic carbocycles. The maximum atomic E-state index is 4.30. The Morgan fingerprint density at radius 2 is 1.13 bits per heavy atom. The number of allylic oxidation sites excluding steroid dienone is 14. The summed E-state index contributed by atoms with van der Waals surface area (Å²) in [5.41, 5.74) is 4.86. The van der Waals surface area contributed by atoms with Gasteiger partial charge in [0.2, 0.25) is 0 Å². The van der Waals surface area contributed by atoms with Gasteiger partial charge in [-0.1, -0.05) is 131 Å².